The van der Waals surface area contributed by atoms with Crippen LogP contribution in [0.1, 0.15) is 0 Å². The Labute approximate surface area is 118 Å². The Morgan fingerprint density at radius 1 is 0.714 bits per heavy atom. The summed E-state index contributed by atoms with van der Waals surface area (Å²) in [4.78, 5) is 33.3. The van der Waals surface area contributed by atoms with E-state index in [2.05, 4.69) is 0 Å². The van der Waals surface area contributed by atoms with Gasteiger partial charge in [0.1, 0.15) is 6.10 Å². The summed E-state index contributed by atoms with van der Waals surface area (Å²) in [6, 6.07) is 0. The molecule has 120 valence electrons. The minimum atomic E-state index is -4.66. The van der Waals surface area contributed by atoms with E-state index in [9.17, 15) is 59.0 Å². The van der Waals surface area contributed by atoms with Gasteiger partial charge in [0.05, 0.1) is 0 Å². The quantitative estimate of drug-likeness (QED) is 0.256. The van der Waals surface area contributed by atoms with Gasteiger partial charge in [0, 0.05) is 0 Å². The second kappa shape index (κ2) is 5.54. The van der Waals surface area contributed by atoms with Crippen molar-refractivity contribution in [2.45, 2.75) is 34.3 Å². The Morgan fingerprint density at radius 2 is 1.00 bits per heavy atom. The predicted molar refractivity (Wildman–Crippen MR) is 55.7 cm³/mol. The van der Waals surface area contributed by atoms with E-state index in [0.717, 1.165) is 0 Å². The second-order valence-corrected chi connectivity index (χ2v) is 7.83. The average molecular weight is 366 g/mol. The first-order valence-electron chi connectivity index (χ1n) is 4.96. The first kappa shape index (κ1) is 19.0. The lowest BCUT2D eigenvalue weighted by Gasteiger charge is -2.46. The molecular weight excluding hydrogens is 357 g/mol. The van der Waals surface area contributed by atoms with Gasteiger partial charge in [-0.3, -0.25) is 0 Å². The van der Waals surface area contributed by atoms with Crippen molar-refractivity contribution in [2.24, 2.45) is 0 Å². The molecule has 1 rings (SSSR count). The number of aliphatic hydroxyl groups excluding tert-OH is 3. The van der Waals surface area contributed by atoms with E-state index >= 15 is 0 Å². The summed E-state index contributed by atoms with van der Waals surface area (Å²) in [6.07, 6.45) is -8.85. The van der Waals surface area contributed by atoms with E-state index in [-0.39, 0.29) is 0 Å². The average Bonchev–Trinajstić information content (AvgIpc) is 2.39. The maximum absolute atomic E-state index is 11.1. The van der Waals surface area contributed by atoms with Gasteiger partial charge in [0.15, 0.2) is 12.2 Å². The Hall–Kier alpha value is -0.0600. The molecule has 1 fully saturated rings. The van der Waals surface area contributed by atoms with E-state index in [1.54, 1.807) is 0 Å². The molecule has 0 amide bonds. The van der Waals surface area contributed by atoms with Gasteiger partial charge in [-0.1, -0.05) is 13.7 Å². The minimum absolute atomic E-state index is 2.80. The van der Waals surface area contributed by atoms with Crippen molar-refractivity contribution in [3.8, 4) is 0 Å². The standard InChI is InChI=1S/C6H9O12P3/c7-1-2(8)4(10,19(13)14)6(12,21(17)18)5(11,3(1)9)20(15)16/h1-3,7-12H/t1?,2-,3+,4-,5-,6?/m0/s1. The lowest BCUT2D eigenvalue weighted by Crippen LogP contribution is -2.80. The summed E-state index contributed by atoms with van der Waals surface area (Å²) in [5, 5.41) is 45.0. The largest absolute Gasteiger partial charge is 0.593 e. The molecule has 0 radical (unpaired) electrons. The van der Waals surface area contributed by atoms with E-state index in [1.165, 1.54) is 0 Å². The molecule has 0 spiro atoms. The zero-order valence-electron chi connectivity index (χ0n) is 9.71. The molecule has 6 N–H and O–H groups in total. The summed E-state index contributed by atoms with van der Waals surface area (Å²) >= 11 is 0. The van der Waals surface area contributed by atoms with Crippen molar-refractivity contribution in [2.75, 3.05) is 0 Å². The highest BCUT2D eigenvalue weighted by Gasteiger charge is 2.93. The van der Waals surface area contributed by atoms with Gasteiger partial charge in [-0.05, 0) is 0 Å². The number of hydrogen-bond donors (Lipinski definition) is 6. The Kier molecular flexibility index (Phi) is 5.01. The zero-order chi connectivity index (χ0) is 17.0. The van der Waals surface area contributed by atoms with Crippen LogP contribution in [0.2, 0.25) is 0 Å². The zero-order valence-corrected chi connectivity index (χ0v) is 12.4. The highest BCUT2D eigenvalue weighted by molar-refractivity contribution is 7.46. The third kappa shape index (κ3) is 2.05. The summed E-state index contributed by atoms with van der Waals surface area (Å²) in [5.74, 6) is 0. The maximum atomic E-state index is 11.1. The Morgan fingerprint density at radius 3 is 1.19 bits per heavy atom. The van der Waals surface area contributed by atoms with Gasteiger partial charge < -0.3 is 45.3 Å². The summed E-state index contributed by atoms with van der Waals surface area (Å²) in [6.45, 7) is 0. The monoisotopic (exact) mass is 366 g/mol. The van der Waals surface area contributed by atoms with Gasteiger partial charge in [0.25, 0.3) is 0 Å². The smallest absolute Gasteiger partial charge is 0.414 e. The molecular formula is C6H9O12P3. The van der Waals surface area contributed by atoms with Gasteiger partial charge in [-0.15, -0.1) is 0 Å². The molecule has 0 heterocycles. The van der Waals surface area contributed by atoms with Crippen LogP contribution in [0.4, 0.5) is 0 Å². The first-order valence-corrected chi connectivity index (χ1v) is 8.49. The van der Waals surface area contributed by atoms with Gasteiger partial charge in [-0.25, -0.2) is 0 Å². The SMILES string of the molecule is O=[P+]([O-])C1(O)[C@@](O)([P+](=O)[O-])[C@H](O)C(O)[C@H](O)[C@]1(O)[P+](=O)[O-]. The summed E-state index contributed by atoms with van der Waals surface area (Å²) in [7, 11) is -13.7. The van der Waals surface area contributed by atoms with Gasteiger partial charge in [0.2, 0.25) is 0 Å². The van der Waals surface area contributed by atoms with E-state index in [1.807, 2.05) is 0 Å². The molecule has 1 aliphatic carbocycles. The molecule has 0 bridgehead atoms. The van der Waals surface area contributed by atoms with Gasteiger partial charge >= 0.3 is 40.1 Å². The van der Waals surface area contributed by atoms with Crippen LogP contribution in [-0.4, -0.2) is 65.0 Å². The van der Waals surface area contributed by atoms with Crippen molar-refractivity contribution < 1.29 is 59.0 Å². The molecule has 5 unspecified atom stereocenters. The first-order chi connectivity index (χ1) is 9.31. The van der Waals surface area contributed by atoms with Crippen molar-refractivity contribution in [3.63, 3.8) is 0 Å². The van der Waals surface area contributed by atoms with Crippen molar-refractivity contribution in [1.82, 2.24) is 0 Å². The lowest BCUT2D eigenvalue weighted by molar-refractivity contribution is -0.310. The normalized spacial score (nSPS) is 49.6. The molecule has 0 aromatic heterocycles. The van der Waals surface area contributed by atoms with Crippen molar-refractivity contribution >= 4 is 24.1 Å². The molecule has 1 aliphatic rings. The topological polar surface area (TPSA) is 242 Å². The lowest BCUT2D eigenvalue weighted by atomic mass is 9.83. The highest BCUT2D eigenvalue weighted by atomic mass is 31.1. The molecule has 12 nitrogen and oxygen atoms in total. The van der Waals surface area contributed by atoms with Crippen LogP contribution in [-0.2, 0) is 13.7 Å². The highest BCUT2D eigenvalue weighted by Crippen LogP contribution is 2.64. The number of rotatable bonds is 3. The fourth-order valence-electron chi connectivity index (χ4n) is 2.07. The van der Waals surface area contributed by atoms with E-state index < -0.39 is 58.4 Å². The molecule has 21 heavy (non-hydrogen) atoms. The Bertz CT molecular complexity index is 475. The van der Waals surface area contributed by atoms with E-state index in [0.29, 0.717) is 0 Å². The van der Waals surface area contributed by atoms with Gasteiger partial charge in [-0.2, -0.15) is 0 Å². The summed E-state index contributed by atoms with van der Waals surface area (Å²) < 4.78 is 33.3. The molecule has 15 heteroatoms. The third-order valence-electron chi connectivity index (χ3n) is 3.32. The van der Waals surface area contributed by atoms with Crippen LogP contribution >= 0.6 is 24.1 Å². The van der Waals surface area contributed by atoms with Crippen LogP contribution in [0, 0.1) is 0 Å². The van der Waals surface area contributed by atoms with E-state index in [4.69, 9.17) is 0 Å². The van der Waals surface area contributed by atoms with Crippen LogP contribution in [0.15, 0.2) is 0 Å². The fourth-order valence-corrected chi connectivity index (χ4v) is 5.53. The fraction of sp³-hybridized carbons (Fsp3) is 1.00. The molecule has 0 aliphatic heterocycles. The predicted octanol–water partition coefficient (Wildman–Crippen LogP) is -5.54. The molecule has 0 aromatic rings. The van der Waals surface area contributed by atoms with Crippen LogP contribution in [0.25, 0.3) is 0 Å². The van der Waals surface area contributed by atoms with Crippen LogP contribution < -0.4 is 14.7 Å². The Balaban J connectivity index is 3.85. The van der Waals surface area contributed by atoms with Crippen molar-refractivity contribution in [1.29, 1.82) is 0 Å². The molecule has 1 saturated carbocycles. The number of aliphatic hydroxyl groups is 6. The molecule has 0 aromatic carbocycles. The van der Waals surface area contributed by atoms with Crippen LogP contribution in [0.3, 0.4) is 0 Å². The molecule has 0 saturated heterocycles. The van der Waals surface area contributed by atoms with Crippen LogP contribution in [0.5, 0.6) is 0 Å². The second-order valence-electron chi connectivity index (χ2n) is 4.28. The third-order valence-corrected chi connectivity index (χ3v) is 7.17. The minimum Gasteiger partial charge on any atom is -0.593 e. The summed E-state index contributed by atoms with van der Waals surface area (Å²) in [5.41, 5.74) is 0. The maximum Gasteiger partial charge on any atom is 0.414 e. The number of hydrogen-bond acceptors (Lipinski definition) is 12. The molecule has 9 atom stereocenters. The van der Waals surface area contributed by atoms with Crippen molar-refractivity contribution in [3.05, 3.63) is 0 Å².